The highest BCUT2D eigenvalue weighted by Crippen LogP contribution is 2.10. The number of benzene rings is 1. The highest BCUT2D eigenvalue weighted by Gasteiger charge is 2.21. The minimum Gasteiger partial charge on any atom is -0.352 e. The van der Waals surface area contributed by atoms with Crippen LogP contribution in [-0.2, 0) is 6.54 Å². The number of nitrogens with two attached hydrogens (primary N) is 1. The SMILES string of the molecule is CC1CN(C(=O)c2ccc(CNC(N)=O)cc2)CCN1.Cl. The van der Waals surface area contributed by atoms with Crippen molar-refractivity contribution in [1.82, 2.24) is 15.5 Å². The van der Waals surface area contributed by atoms with Crippen LogP contribution in [0.3, 0.4) is 0 Å². The minimum absolute atomic E-state index is 0. The molecule has 1 heterocycles. The topological polar surface area (TPSA) is 87.5 Å². The maximum atomic E-state index is 12.3. The van der Waals surface area contributed by atoms with Gasteiger partial charge in [0.2, 0.25) is 0 Å². The van der Waals surface area contributed by atoms with Crippen molar-refractivity contribution in [2.45, 2.75) is 19.5 Å². The third-order valence-electron chi connectivity index (χ3n) is 3.32. The maximum Gasteiger partial charge on any atom is 0.312 e. The fourth-order valence-electron chi connectivity index (χ4n) is 2.25. The summed E-state index contributed by atoms with van der Waals surface area (Å²) in [6, 6.07) is 7.00. The fourth-order valence-corrected chi connectivity index (χ4v) is 2.25. The first kappa shape index (κ1) is 17.3. The van der Waals surface area contributed by atoms with Gasteiger partial charge in [-0.2, -0.15) is 0 Å². The molecule has 1 aliphatic heterocycles. The van der Waals surface area contributed by atoms with Crippen molar-refractivity contribution in [3.8, 4) is 0 Å². The Hall–Kier alpha value is -1.79. The second-order valence-corrected chi connectivity index (χ2v) is 5.02. The number of carbonyl (C=O) groups is 2. The van der Waals surface area contributed by atoms with Gasteiger partial charge in [-0.05, 0) is 24.6 Å². The molecular formula is C14H21ClN4O2. The van der Waals surface area contributed by atoms with E-state index in [4.69, 9.17) is 5.73 Å². The van der Waals surface area contributed by atoms with Crippen LogP contribution in [0.4, 0.5) is 4.79 Å². The van der Waals surface area contributed by atoms with Crippen molar-refractivity contribution >= 4 is 24.3 Å². The zero-order chi connectivity index (χ0) is 14.5. The fraction of sp³-hybridized carbons (Fsp3) is 0.429. The van der Waals surface area contributed by atoms with Gasteiger partial charge in [0.25, 0.3) is 5.91 Å². The molecule has 1 atom stereocenters. The zero-order valence-electron chi connectivity index (χ0n) is 12.0. The quantitative estimate of drug-likeness (QED) is 0.768. The number of rotatable bonds is 3. The number of nitrogens with one attached hydrogen (secondary N) is 2. The number of amides is 3. The normalized spacial score (nSPS) is 17.8. The van der Waals surface area contributed by atoms with Crippen molar-refractivity contribution in [2.24, 2.45) is 5.73 Å². The molecule has 6 nitrogen and oxygen atoms in total. The zero-order valence-corrected chi connectivity index (χ0v) is 12.8. The van der Waals surface area contributed by atoms with Crippen LogP contribution in [0.25, 0.3) is 0 Å². The largest absolute Gasteiger partial charge is 0.352 e. The van der Waals surface area contributed by atoms with Crippen LogP contribution in [0, 0.1) is 0 Å². The summed E-state index contributed by atoms with van der Waals surface area (Å²) in [5, 5.41) is 5.82. The van der Waals surface area contributed by atoms with E-state index in [0.717, 1.165) is 25.2 Å². The number of halogens is 1. The molecule has 0 bridgehead atoms. The Morgan fingerprint density at radius 3 is 2.62 bits per heavy atom. The van der Waals surface area contributed by atoms with Crippen molar-refractivity contribution in [2.75, 3.05) is 19.6 Å². The smallest absolute Gasteiger partial charge is 0.312 e. The summed E-state index contributed by atoms with van der Waals surface area (Å²) in [5.41, 5.74) is 6.59. The first-order chi connectivity index (χ1) is 9.56. The molecule has 1 aromatic rings. The third kappa shape index (κ3) is 4.91. The molecule has 1 aliphatic rings. The van der Waals surface area contributed by atoms with Crippen LogP contribution in [0.15, 0.2) is 24.3 Å². The van der Waals surface area contributed by atoms with E-state index in [9.17, 15) is 9.59 Å². The number of hydrogen-bond donors (Lipinski definition) is 3. The van der Waals surface area contributed by atoms with Crippen LogP contribution < -0.4 is 16.4 Å². The lowest BCUT2D eigenvalue weighted by atomic mass is 10.1. The molecule has 0 radical (unpaired) electrons. The molecule has 0 spiro atoms. The van der Waals surface area contributed by atoms with E-state index in [-0.39, 0.29) is 18.3 Å². The van der Waals surface area contributed by atoms with Gasteiger partial charge in [-0.3, -0.25) is 4.79 Å². The second kappa shape index (κ2) is 7.85. The van der Waals surface area contributed by atoms with Crippen molar-refractivity contribution < 1.29 is 9.59 Å². The number of piperazine rings is 1. The Labute approximate surface area is 130 Å². The van der Waals surface area contributed by atoms with E-state index in [1.54, 1.807) is 12.1 Å². The van der Waals surface area contributed by atoms with Crippen molar-refractivity contribution in [3.05, 3.63) is 35.4 Å². The lowest BCUT2D eigenvalue weighted by Crippen LogP contribution is -2.51. The molecule has 116 valence electrons. The van der Waals surface area contributed by atoms with Gasteiger partial charge in [-0.15, -0.1) is 12.4 Å². The Bertz CT molecular complexity index is 492. The van der Waals surface area contributed by atoms with Gasteiger partial charge in [0.05, 0.1) is 0 Å². The van der Waals surface area contributed by atoms with Gasteiger partial charge in [-0.1, -0.05) is 12.1 Å². The van der Waals surface area contributed by atoms with E-state index in [2.05, 4.69) is 17.6 Å². The number of carbonyl (C=O) groups excluding carboxylic acids is 2. The number of primary amides is 1. The van der Waals surface area contributed by atoms with E-state index >= 15 is 0 Å². The van der Waals surface area contributed by atoms with E-state index in [1.165, 1.54) is 0 Å². The summed E-state index contributed by atoms with van der Waals surface area (Å²) in [7, 11) is 0. The highest BCUT2D eigenvalue weighted by molar-refractivity contribution is 5.94. The molecule has 1 unspecified atom stereocenters. The lowest BCUT2D eigenvalue weighted by molar-refractivity contribution is 0.0709. The van der Waals surface area contributed by atoms with Gasteiger partial charge >= 0.3 is 6.03 Å². The van der Waals surface area contributed by atoms with E-state index in [1.807, 2.05) is 17.0 Å². The molecule has 1 aromatic carbocycles. The minimum atomic E-state index is -0.556. The molecule has 7 heteroatoms. The average Bonchev–Trinajstić information content (AvgIpc) is 2.45. The molecule has 21 heavy (non-hydrogen) atoms. The molecule has 3 amide bonds. The standard InChI is InChI=1S/C14H20N4O2.ClH/c1-10-9-18(7-6-16-10)13(19)12-4-2-11(3-5-12)8-17-14(15)20;/h2-5,10,16H,6-9H2,1H3,(H3,15,17,20);1H. The van der Waals surface area contributed by atoms with Crippen LogP contribution in [0.1, 0.15) is 22.8 Å². The molecule has 0 aromatic heterocycles. The Morgan fingerprint density at radius 1 is 1.38 bits per heavy atom. The summed E-state index contributed by atoms with van der Waals surface area (Å²) in [6.45, 7) is 4.72. The van der Waals surface area contributed by atoms with Gasteiger partial charge < -0.3 is 21.3 Å². The summed E-state index contributed by atoms with van der Waals surface area (Å²) >= 11 is 0. The molecule has 1 fully saturated rings. The van der Waals surface area contributed by atoms with E-state index < -0.39 is 6.03 Å². The maximum absolute atomic E-state index is 12.3. The molecule has 0 saturated carbocycles. The molecule has 1 saturated heterocycles. The first-order valence-electron chi connectivity index (χ1n) is 6.71. The van der Waals surface area contributed by atoms with Crippen LogP contribution >= 0.6 is 12.4 Å². The molecule has 4 N–H and O–H groups in total. The predicted molar refractivity (Wildman–Crippen MR) is 83.5 cm³/mol. The van der Waals surface area contributed by atoms with Gasteiger partial charge in [0, 0.05) is 37.8 Å². The van der Waals surface area contributed by atoms with Crippen LogP contribution in [0.5, 0.6) is 0 Å². The Balaban J connectivity index is 0.00000220. The third-order valence-corrected chi connectivity index (χ3v) is 3.32. The summed E-state index contributed by atoms with van der Waals surface area (Å²) in [6.07, 6.45) is 0. The lowest BCUT2D eigenvalue weighted by Gasteiger charge is -2.32. The van der Waals surface area contributed by atoms with Crippen molar-refractivity contribution in [1.29, 1.82) is 0 Å². The monoisotopic (exact) mass is 312 g/mol. The predicted octanol–water partition coefficient (Wildman–Crippen LogP) is 0.711. The van der Waals surface area contributed by atoms with Crippen LogP contribution in [-0.4, -0.2) is 42.5 Å². The summed E-state index contributed by atoms with van der Waals surface area (Å²) in [4.78, 5) is 24.8. The van der Waals surface area contributed by atoms with Crippen molar-refractivity contribution in [3.63, 3.8) is 0 Å². The first-order valence-corrected chi connectivity index (χ1v) is 6.71. The number of urea groups is 1. The van der Waals surface area contributed by atoms with Gasteiger partial charge in [-0.25, -0.2) is 4.79 Å². The van der Waals surface area contributed by atoms with Gasteiger partial charge in [0.15, 0.2) is 0 Å². The average molecular weight is 313 g/mol. The Kier molecular flexibility index (Phi) is 6.45. The second-order valence-electron chi connectivity index (χ2n) is 5.02. The summed E-state index contributed by atoms with van der Waals surface area (Å²) < 4.78 is 0. The molecule has 0 aliphatic carbocycles. The number of hydrogen-bond acceptors (Lipinski definition) is 3. The highest BCUT2D eigenvalue weighted by atomic mass is 35.5. The number of nitrogens with zero attached hydrogens (tertiary/aromatic N) is 1. The Morgan fingerprint density at radius 2 is 2.05 bits per heavy atom. The molecular weight excluding hydrogens is 292 g/mol. The van der Waals surface area contributed by atoms with Crippen LogP contribution in [0.2, 0.25) is 0 Å². The molecule has 2 rings (SSSR count). The summed E-state index contributed by atoms with van der Waals surface area (Å²) in [5.74, 6) is 0.0489. The van der Waals surface area contributed by atoms with E-state index in [0.29, 0.717) is 18.2 Å². The van der Waals surface area contributed by atoms with Gasteiger partial charge in [0.1, 0.15) is 0 Å².